The summed E-state index contributed by atoms with van der Waals surface area (Å²) in [4.78, 5) is 88.2. The number of carbonyl (C=O) groups is 7. The number of hydrogen-bond donors (Lipinski definition) is 7. The van der Waals surface area contributed by atoms with Crippen LogP contribution in [0.3, 0.4) is 0 Å². The van der Waals surface area contributed by atoms with Gasteiger partial charge in [0.2, 0.25) is 11.8 Å². The van der Waals surface area contributed by atoms with Crippen molar-refractivity contribution in [2.75, 3.05) is 65.7 Å². The van der Waals surface area contributed by atoms with Crippen LogP contribution in [0.1, 0.15) is 79.0 Å². The Morgan fingerprint density at radius 1 is 0.605 bits per heavy atom. The van der Waals surface area contributed by atoms with Gasteiger partial charge in [-0.15, -0.1) is 0 Å². The van der Waals surface area contributed by atoms with Gasteiger partial charge in [0.1, 0.15) is 62.0 Å². The number of amides is 3. The molecule has 3 aromatic carbocycles. The molecule has 23 nitrogen and oxygen atoms in total. The molecule has 0 radical (unpaired) electrons. The second kappa shape index (κ2) is 31.7. The first-order chi connectivity index (χ1) is 36.6. The summed E-state index contributed by atoms with van der Waals surface area (Å²) in [6.07, 6.45) is -12.1. The molecule has 10 atom stereocenters. The van der Waals surface area contributed by atoms with E-state index in [1.165, 1.54) is 33.3 Å². The largest absolute Gasteiger partial charge is 0.466 e. The number of rotatable bonds is 30. The van der Waals surface area contributed by atoms with E-state index in [1.54, 1.807) is 24.3 Å². The fourth-order valence-corrected chi connectivity index (χ4v) is 8.25. The van der Waals surface area contributed by atoms with Gasteiger partial charge in [0.25, 0.3) is 5.91 Å². The van der Waals surface area contributed by atoms with E-state index < -0.39 is 109 Å². The van der Waals surface area contributed by atoms with Crippen molar-refractivity contribution < 1.29 is 96.6 Å². The highest BCUT2D eigenvalue weighted by molar-refractivity contribution is 6.11. The van der Waals surface area contributed by atoms with Crippen LogP contribution in [-0.2, 0) is 66.6 Å². The number of esters is 3. The second-order valence-corrected chi connectivity index (χ2v) is 17.7. The predicted octanol–water partition coefficient (Wildman–Crippen LogP) is 1.75. The first-order valence-electron chi connectivity index (χ1n) is 25.0. The van der Waals surface area contributed by atoms with Crippen LogP contribution in [0.25, 0.3) is 11.1 Å². The summed E-state index contributed by atoms with van der Waals surface area (Å²) >= 11 is 0. The zero-order chi connectivity index (χ0) is 55.0. The molecule has 2 heterocycles. The molecule has 76 heavy (non-hydrogen) atoms. The van der Waals surface area contributed by atoms with Crippen molar-refractivity contribution in [2.24, 2.45) is 0 Å². The molecule has 416 valence electrons. The van der Waals surface area contributed by atoms with E-state index in [4.69, 9.17) is 42.6 Å². The predicted molar refractivity (Wildman–Crippen MR) is 267 cm³/mol. The van der Waals surface area contributed by atoms with Crippen LogP contribution in [-0.4, -0.2) is 184 Å². The molecule has 5 rings (SSSR count). The van der Waals surface area contributed by atoms with Crippen LogP contribution in [0.2, 0.25) is 0 Å². The fourth-order valence-electron chi connectivity index (χ4n) is 8.25. The molecule has 0 aliphatic carbocycles. The molecule has 2 aliphatic rings. The van der Waals surface area contributed by atoms with Crippen LogP contribution in [0.5, 0.6) is 0 Å². The maximum absolute atomic E-state index is 13.3. The van der Waals surface area contributed by atoms with Crippen LogP contribution >= 0.6 is 0 Å². The van der Waals surface area contributed by atoms with Crippen molar-refractivity contribution in [3.63, 3.8) is 0 Å². The average Bonchev–Trinajstić information content (AvgIpc) is 3.42. The summed E-state index contributed by atoms with van der Waals surface area (Å²) in [5, 5.41) is 50.4. The van der Waals surface area contributed by atoms with E-state index in [2.05, 4.69) is 16.0 Å². The van der Waals surface area contributed by atoms with Gasteiger partial charge in [-0.25, -0.2) is 4.79 Å². The Balaban J connectivity index is 0.876. The van der Waals surface area contributed by atoms with Crippen molar-refractivity contribution >= 4 is 47.1 Å². The number of Topliss-reactive ketones (excluding diaryl/α,β-unsaturated/α-hetero) is 1. The van der Waals surface area contributed by atoms with Crippen LogP contribution in [0, 0.1) is 0 Å². The zero-order valence-corrected chi connectivity index (χ0v) is 42.7. The number of ketones is 1. The lowest BCUT2D eigenvalue weighted by Crippen LogP contribution is -2.68. The number of ether oxygens (including phenoxy) is 9. The number of methoxy groups -OCH3 is 2. The van der Waals surface area contributed by atoms with E-state index >= 15 is 0 Å². The molecule has 4 unspecified atom stereocenters. The van der Waals surface area contributed by atoms with E-state index in [-0.39, 0.29) is 76.2 Å². The van der Waals surface area contributed by atoms with Crippen molar-refractivity contribution in [2.45, 2.75) is 120 Å². The molecule has 0 saturated carbocycles. The zero-order valence-electron chi connectivity index (χ0n) is 42.7. The molecule has 2 saturated heterocycles. The Morgan fingerprint density at radius 2 is 1.28 bits per heavy atom. The fraction of sp³-hybridized carbons (Fsp3) is 0.528. The number of benzene rings is 3. The molecule has 0 bridgehead atoms. The normalized spacial score (nSPS) is 23.1. The molecule has 7 N–H and O–H groups in total. The first kappa shape index (κ1) is 60.6. The maximum Gasteiger partial charge on any atom is 0.338 e. The number of aliphatic hydroxyl groups excluding tert-OH is 4. The Kier molecular flexibility index (Phi) is 25.3. The van der Waals surface area contributed by atoms with Gasteiger partial charge in [-0.05, 0) is 61.1 Å². The molecule has 3 amide bonds. The van der Waals surface area contributed by atoms with Crippen molar-refractivity contribution in [3.8, 4) is 11.1 Å². The third-order valence-electron chi connectivity index (χ3n) is 12.2. The summed E-state index contributed by atoms with van der Waals surface area (Å²) in [5.74, 6) is -3.97. The maximum atomic E-state index is 13.3. The van der Waals surface area contributed by atoms with Gasteiger partial charge in [-0.1, -0.05) is 54.6 Å². The Labute approximate surface area is 439 Å². The van der Waals surface area contributed by atoms with Gasteiger partial charge in [-0.3, -0.25) is 28.8 Å². The molecular formula is C53H69N3O20. The van der Waals surface area contributed by atoms with Gasteiger partial charge in [-0.2, -0.15) is 0 Å². The molecule has 23 heteroatoms. The lowest BCUT2D eigenvalue weighted by atomic mass is 9.93. The monoisotopic (exact) mass is 1070 g/mol. The van der Waals surface area contributed by atoms with Crippen molar-refractivity contribution in [1.82, 2.24) is 10.6 Å². The number of unbranched alkanes of at least 4 members (excludes halogenated alkanes) is 2. The van der Waals surface area contributed by atoms with Crippen LogP contribution < -0.4 is 16.0 Å². The van der Waals surface area contributed by atoms with Gasteiger partial charge in [0.15, 0.2) is 18.4 Å². The Morgan fingerprint density at radius 3 is 1.97 bits per heavy atom. The molecule has 3 aromatic rings. The third-order valence-corrected chi connectivity index (χ3v) is 12.2. The number of hydrogen-bond acceptors (Lipinski definition) is 20. The second-order valence-electron chi connectivity index (χ2n) is 17.7. The number of nitrogens with one attached hydrogen (secondary N) is 3. The molecule has 2 fully saturated rings. The van der Waals surface area contributed by atoms with E-state index in [1.807, 2.05) is 42.5 Å². The van der Waals surface area contributed by atoms with E-state index in [9.17, 15) is 54.0 Å². The Bertz CT molecular complexity index is 2340. The molecule has 0 aromatic heterocycles. The number of carbonyl (C=O) groups excluding carboxylic acids is 7. The summed E-state index contributed by atoms with van der Waals surface area (Å²) in [6, 6.07) is 22.2. The summed E-state index contributed by atoms with van der Waals surface area (Å²) < 4.78 is 48.9. The van der Waals surface area contributed by atoms with Crippen LogP contribution in [0.15, 0.2) is 78.9 Å². The van der Waals surface area contributed by atoms with Crippen molar-refractivity contribution in [3.05, 3.63) is 90.0 Å². The van der Waals surface area contributed by atoms with Gasteiger partial charge < -0.3 is 79.0 Å². The summed E-state index contributed by atoms with van der Waals surface area (Å²) in [6.45, 7) is 0.972. The van der Waals surface area contributed by atoms with Crippen LogP contribution in [0.4, 0.5) is 5.69 Å². The highest BCUT2D eigenvalue weighted by atomic mass is 16.7. The molecular weight excluding hydrogens is 999 g/mol. The number of aliphatic hydroxyl groups is 4. The summed E-state index contributed by atoms with van der Waals surface area (Å²) in [7, 11) is 2.47. The van der Waals surface area contributed by atoms with E-state index in [0.717, 1.165) is 11.1 Å². The third kappa shape index (κ3) is 18.5. The lowest BCUT2D eigenvalue weighted by molar-refractivity contribution is -0.338. The minimum atomic E-state index is -1.78. The highest BCUT2D eigenvalue weighted by Gasteiger charge is 2.53. The Hall–Kier alpha value is -6.25. The van der Waals surface area contributed by atoms with Gasteiger partial charge >= 0.3 is 17.9 Å². The minimum Gasteiger partial charge on any atom is -0.466 e. The van der Waals surface area contributed by atoms with Gasteiger partial charge in [0, 0.05) is 52.8 Å². The van der Waals surface area contributed by atoms with Crippen molar-refractivity contribution in [1.29, 1.82) is 0 Å². The molecule has 0 spiro atoms. The molecule has 2 aliphatic heterocycles. The minimum absolute atomic E-state index is 0.0286. The van der Waals surface area contributed by atoms with E-state index in [0.29, 0.717) is 31.6 Å². The van der Waals surface area contributed by atoms with Gasteiger partial charge in [0.05, 0.1) is 43.8 Å². The lowest BCUT2D eigenvalue weighted by Gasteiger charge is -2.47. The standard InChI is InChI=1S/C53H69N3O20/c1-32(58)55-43-48(44(63)39(31-57)74-52(43)69-3)76-53-46(65)45(64)49(68-2)47(75-53)38(59)17-12-25-54-40(60)22-23-41(61)72-30-29-70-26-10-5-11-27-71-42(62)24-28-73-51(67)37-16-9-8-15-36(37)50(66)56-35-20-18-34(19-21-35)33-13-6-4-7-14-33/h4,6-9,13-16,18-21,39,43-49,52-53,57,63-65H,5,10-12,17,22-31H2,1-3H3,(H,54,60)(H,55,58)(H,56,66)/t39?,43?,44-,45-,46?,47?,48-,49+,52-,53+/m1/s1. The first-order valence-corrected chi connectivity index (χ1v) is 25.0. The highest BCUT2D eigenvalue weighted by Crippen LogP contribution is 2.31. The SMILES string of the molecule is CO[C@@H]1OC(CO)[C@@H](O)[C@H](O[C@@H]2OC(C(=O)CCCNC(=O)CCC(=O)OCCOCCCCCOC(=O)CCOC(=O)c3ccccc3C(=O)Nc3ccc(-c4ccccc4)cc3)[C@@H](OC)[C@H](O)C2O)C1NC(C)=O. The topological polar surface area (TPSA) is 320 Å². The smallest absolute Gasteiger partial charge is 0.338 e. The number of anilines is 1. The summed E-state index contributed by atoms with van der Waals surface area (Å²) in [5.41, 5.74) is 2.76. The average molecular weight is 1070 g/mol. The quantitative estimate of drug-likeness (QED) is 0.0284.